The number of aromatic nitrogens is 1. The summed E-state index contributed by atoms with van der Waals surface area (Å²) in [5, 5.41) is 9.79. The molecule has 6 heteroatoms. The van der Waals surface area contributed by atoms with Crippen LogP contribution in [0.4, 0.5) is 0 Å². The van der Waals surface area contributed by atoms with E-state index in [4.69, 9.17) is 5.11 Å². The number of sulfonamides is 1. The van der Waals surface area contributed by atoms with Crippen LogP contribution in [0.25, 0.3) is 10.9 Å². The van der Waals surface area contributed by atoms with E-state index in [0.717, 1.165) is 11.1 Å². The van der Waals surface area contributed by atoms with Crippen molar-refractivity contribution in [3.63, 3.8) is 0 Å². The van der Waals surface area contributed by atoms with Gasteiger partial charge in [0.05, 0.1) is 5.52 Å². The first-order chi connectivity index (χ1) is 9.97. The molecule has 2 aromatic rings. The van der Waals surface area contributed by atoms with Crippen molar-refractivity contribution in [1.29, 1.82) is 0 Å². The molecule has 2 N–H and O–H groups in total. The number of rotatable bonds is 6. The highest BCUT2D eigenvalue weighted by Gasteiger charge is 2.21. The Morgan fingerprint density at radius 3 is 2.71 bits per heavy atom. The second-order valence-electron chi connectivity index (χ2n) is 5.02. The molecule has 1 aromatic heterocycles. The minimum absolute atomic E-state index is 0.0477. The minimum atomic E-state index is -3.66. The standard InChI is InChI=1S/C15H20N2O3S/c1-3-13(9-10-18)17-21(19,20)14-6-4-5-12-8-7-11(2)16-15(12)14/h4-8,13,17-18H,3,9-10H2,1-2H3/t13-/m1/s1. The molecule has 21 heavy (non-hydrogen) atoms. The third kappa shape index (κ3) is 3.58. The van der Waals surface area contributed by atoms with Crippen molar-refractivity contribution in [3.05, 3.63) is 36.0 Å². The molecular weight excluding hydrogens is 288 g/mol. The first-order valence-electron chi connectivity index (χ1n) is 6.97. The average molecular weight is 308 g/mol. The summed E-state index contributed by atoms with van der Waals surface area (Å²) < 4.78 is 27.8. The Hall–Kier alpha value is -1.50. The molecule has 0 aliphatic heterocycles. The number of pyridine rings is 1. The molecule has 0 bridgehead atoms. The van der Waals surface area contributed by atoms with Crippen LogP contribution in [0.1, 0.15) is 25.5 Å². The lowest BCUT2D eigenvalue weighted by Gasteiger charge is -2.16. The van der Waals surface area contributed by atoms with Crippen molar-refractivity contribution in [2.24, 2.45) is 0 Å². The van der Waals surface area contributed by atoms with E-state index in [-0.39, 0.29) is 17.5 Å². The van der Waals surface area contributed by atoms with Crippen LogP contribution in [-0.2, 0) is 10.0 Å². The summed E-state index contributed by atoms with van der Waals surface area (Å²) in [7, 11) is -3.66. The van der Waals surface area contributed by atoms with Crippen molar-refractivity contribution in [2.75, 3.05) is 6.61 Å². The van der Waals surface area contributed by atoms with Gasteiger partial charge in [0.25, 0.3) is 0 Å². The lowest BCUT2D eigenvalue weighted by Crippen LogP contribution is -2.35. The van der Waals surface area contributed by atoms with Gasteiger partial charge in [-0.15, -0.1) is 0 Å². The summed E-state index contributed by atoms with van der Waals surface area (Å²) in [6.07, 6.45) is 1.02. The molecule has 0 fully saturated rings. The summed E-state index contributed by atoms with van der Waals surface area (Å²) in [4.78, 5) is 4.53. The molecule has 0 saturated heterocycles. The van der Waals surface area contributed by atoms with E-state index in [0.29, 0.717) is 18.4 Å². The van der Waals surface area contributed by atoms with E-state index < -0.39 is 10.0 Å². The lowest BCUT2D eigenvalue weighted by molar-refractivity contribution is 0.270. The maximum absolute atomic E-state index is 12.6. The average Bonchev–Trinajstić information content (AvgIpc) is 2.45. The monoisotopic (exact) mass is 308 g/mol. The maximum Gasteiger partial charge on any atom is 0.242 e. The van der Waals surface area contributed by atoms with Crippen LogP contribution >= 0.6 is 0 Å². The summed E-state index contributed by atoms with van der Waals surface area (Å²) in [6, 6.07) is 8.55. The molecule has 0 aliphatic carbocycles. The van der Waals surface area contributed by atoms with Crippen LogP contribution in [-0.4, -0.2) is 31.2 Å². The zero-order chi connectivity index (χ0) is 15.5. The van der Waals surface area contributed by atoms with Gasteiger partial charge in [-0.1, -0.05) is 25.1 Å². The summed E-state index contributed by atoms with van der Waals surface area (Å²) in [6.45, 7) is 3.67. The summed E-state index contributed by atoms with van der Waals surface area (Å²) in [5.74, 6) is 0. The van der Waals surface area contributed by atoms with E-state index in [1.54, 1.807) is 12.1 Å². The van der Waals surface area contributed by atoms with Crippen molar-refractivity contribution in [3.8, 4) is 0 Å². The number of aryl methyl sites for hydroxylation is 1. The topological polar surface area (TPSA) is 79.3 Å². The van der Waals surface area contributed by atoms with Crippen LogP contribution < -0.4 is 4.72 Å². The number of aliphatic hydroxyl groups is 1. The molecule has 0 unspecified atom stereocenters. The number of nitrogens with one attached hydrogen (secondary N) is 1. The number of fused-ring (bicyclic) bond motifs is 1. The Kier molecular flexibility index (Phi) is 4.92. The van der Waals surface area contributed by atoms with Crippen LogP contribution in [0.3, 0.4) is 0 Å². The third-order valence-electron chi connectivity index (χ3n) is 3.40. The predicted octanol–water partition coefficient (Wildman–Crippen LogP) is 1.98. The van der Waals surface area contributed by atoms with Gasteiger partial charge in [0.1, 0.15) is 4.90 Å². The number of para-hydroxylation sites is 1. The van der Waals surface area contributed by atoms with Crippen LogP contribution in [0.2, 0.25) is 0 Å². The highest BCUT2D eigenvalue weighted by Crippen LogP contribution is 2.22. The molecule has 0 amide bonds. The number of hydrogen-bond acceptors (Lipinski definition) is 4. The summed E-state index contributed by atoms with van der Waals surface area (Å²) >= 11 is 0. The van der Waals surface area contributed by atoms with Crippen LogP contribution in [0, 0.1) is 6.92 Å². The molecule has 5 nitrogen and oxygen atoms in total. The molecule has 0 saturated carbocycles. The normalized spacial score (nSPS) is 13.5. The maximum atomic E-state index is 12.6. The van der Waals surface area contributed by atoms with Crippen molar-refractivity contribution >= 4 is 20.9 Å². The van der Waals surface area contributed by atoms with Crippen molar-refractivity contribution in [1.82, 2.24) is 9.71 Å². The highest BCUT2D eigenvalue weighted by molar-refractivity contribution is 7.89. The number of aliphatic hydroxyl groups excluding tert-OH is 1. The Morgan fingerprint density at radius 1 is 1.29 bits per heavy atom. The van der Waals surface area contributed by atoms with E-state index in [1.807, 2.05) is 32.0 Å². The number of hydrogen-bond donors (Lipinski definition) is 2. The Balaban J connectivity index is 2.47. The molecule has 1 aromatic carbocycles. The van der Waals surface area contributed by atoms with E-state index in [1.165, 1.54) is 0 Å². The van der Waals surface area contributed by atoms with E-state index in [2.05, 4.69) is 9.71 Å². The first kappa shape index (κ1) is 15.9. The molecule has 1 heterocycles. The Labute approximate surface area is 125 Å². The minimum Gasteiger partial charge on any atom is -0.396 e. The van der Waals surface area contributed by atoms with E-state index in [9.17, 15) is 8.42 Å². The molecule has 0 spiro atoms. The van der Waals surface area contributed by atoms with Gasteiger partial charge in [0.2, 0.25) is 10.0 Å². The second-order valence-corrected chi connectivity index (χ2v) is 6.70. The molecule has 1 atom stereocenters. The Morgan fingerprint density at radius 2 is 2.05 bits per heavy atom. The zero-order valence-corrected chi connectivity index (χ0v) is 13.0. The van der Waals surface area contributed by atoms with Gasteiger partial charge in [0, 0.05) is 23.7 Å². The molecule has 114 valence electrons. The lowest BCUT2D eigenvalue weighted by atomic mass is 10.2. The Bertz CT molecular complexity index is 729. The SMILES string of the molecule is CC[C@H](CCO)NS(=O)(=O)c1cccc2ccc(C)nc12. The van der Waals surface area contributed by atoms with Gasteiger partial charge in [-0.3, -0.25) is 4.98 Å². The summed E-state index contributed by atoms with van der Waals surface area (Å²) in [5.41, 5.74) is 1.25. The van der Waals surface area contributed by atoms with Crippen LogP contribution in [0.15, 0.2) is 35.2 Å². The van der Waals surface area contributed by atoms with Gasteiger partial charge in [0.15, 0.2) is 0 Å². The molecule has 2 rings (SSSR count). The van der Waals surface area contributed by atoms with E-state index >= 15 is 0 Å². The number of nitrogens with zero attached hydrogens (tertiary/aromatic N) is 1. The molecular formula is C15H20N2O3S. The third-order valence-corrected chi connectivity index (χ3v) is 4.96. The quantitative estimate of drug-likeness (QED) is 0.855. The largest absolute Gasteiger partial charge is 0.396 e. The zero-order valence-electron chi connectivity index (χ0n) is 12.2. The second kappa shape index (κ2) is 6.51. The van der Waals surface area contributed by atoms with Gasteiger partial charge in [-0.05, 0) is 31.9 Å². The van der Waals surface area contributed by atoms with Gasteiger partial charge in [-0.25, -0.2) is 13.1 Å². The van der Waals surface area contributed by atoms with Gasteiger partial charge < -0.3 is 5.11 Å². The predicted molar refractivity (Wildman–Crippen MR) is 82.6 cm³/mol. The fourth-order valence-corrected chi connectivity index (χ4v) is 3.75. The highest BCUT2D eigenvalue weighted by atomic mass is 32.2. The molecule has 0 radical (unpaired) electrons. The van der Waals surface area contributed by atoms with Crippen molar-refractivity contribution in [2.45, 2.75) is 37.6 Å². The van der Waals surface area contributed by atoms with Gasteiger partial charge >= 0.3 is 0 Å². The van der Waals surface area contributed by atoms with Gasteiger partial charge in [-0.2, -0.15) is 0 Å². The van der Waals surface area contributed by atoms with Crippen molar-refractivity contribution < 1.29 is 13.5 Å². The first-order valence-corrected chi connectivity index (χ1v) is 8.46. The molecule has 0 aliphatic rings. The fourth-order valence-electron chi connectivity index (χ4n) is 2.22. The number of benzene rings is 1. The smallest absolute Gasteiger partial charge is 0.242 e. The van der Waals surface area contributed by atoms with Crippen LogP contribution in [0.5, 0.6) is 0 Å². The fraction of sp³-hybridized carbons (Fsp3) is 0.400.